The molecule has 0 radical (unpaired) electrons. The van der Waals surface area contributed by atoms with Crippen molar-refractivity contribution in [2.24, 2.45) is 11.1 Å². The standard InChI is InChI=1S/C15H23ClN2O/c1-11(12-4-6-13(16)7-5-12)18(3)9-15(2)10-19-8-14(15)17/h4-7,11,14H,8-10,17H2,1-3H3. The van der Waals surface area contributed by atoms with E-state index in [9.17, 15) is 0 Å². The zero-order chi connectivity index (χ0) is 14.0. The zero-order valence-electron chi connectivity index (χ0n) is 11.9. The normalized spacial score (nSPS) is 28.8. The van der Waals surface area contributed by atoms with Crippen LogP contribution < -0.4 is 5.73 Å². The molecular formula is C15H23ClN2O. The Morgan fingerprint density at radius 1 is 1.47 bits per heavy atom. The summed E-state index contributed by atoms with van der Waals surface area (Å²) in [5.41, 5.74) is 7.45. The molecule has 0 bridgehead atoms. The molecular weight excluding hydrogens is 260 g/mol. The van der Waals surface area contributed by atoms with Crippen LogP contribution in [0.15, 0.2) is 24.3 Å². The van der Waals surface area contributed by atoms with Gasteiger partial charge in [-0.05, 0) is 31.7 Å². The summed E-state index contributed by atoms with van der Waals surface area (Å²) in [6.07, 6.45) is 0. The molecule has 2 N–H and O–H groups in total. The molecule has 0 amide bonds. The highest BCUT2D eigenvalue weighted by Gasteiger charge is 2.39. The number of nitrogens with zero attached hydrogens (tertiary/aromatic N) is 1. The van der Waals surface area contributed by atoms with E-state index in [1.165, 1.54) is 5.56 Å². The summed E-state index contributed by atoms with van der Waals surface area (Å²) >= 11 is 5.93. The molecule has 3 unspecified atom stereocenters. The van der Waals surface area contributed by atoms with Crippen LogP contribution in [0.1, 0.15) is 25.5 Å². The van der Waals surface area contributed by atoms with Gasteiger partial charge in [0, 0.05) is 29.1 Å². The van der Waals surface area contributed by atoms with E-state index in [-0.39, 0.29) is 11.5 Å². The Morgan fingerprint density at radius 2 is 2.11 bits per heavy atom. The van der Waals surface area contributed by atoms with Crippen LogP contribution in [-0.4, -0.2) is 37.7 Å². The summed E-state index contributed by atoms with van der Waals surface area (Å²) in [6.45, 7) is 6.74. The Hall–Kier alpha value is -0.610. The van der Waals surface area contributed by atoms with Gasteiger partial charge in [-0.2, -0.15) is 0 Å². The van der Waals surface area contributed by atoms with E-state index in [1.54, 1.807) is 0 Å². The number of benzene rings is 1. The summed E-state index contributed by atoms with van der Waals surface area (Å²) in [5.74, 6) is 0. The number of ether oxygens (including phenoxy) is 1. The molecule has 0 spiro atoms. The quantitative estimate of drug-likeness (QED) is 0.923. The molecule has 106 valence electrons. The van der Waals surface area contributed by atoms with Crippen molar-refractivity contribution < 1.29 is 4.74 Å². The number of hydrogen-bond acceptors (Lipinski definition) is 3. The Kier molecular flexibility index (Phi) is 4.51. The molecule has 0 saturated carbocycles. The summed E-state index contributed by atoms with van der Waals surface area (Å²) in [7, 11) is 2.13. The van der Waals surface area contributed by atoms with E-state index in [1.807, 2.05) is 12.1 Å². The van der Waals surface area contributed by atoms with Crippen molar-refractivity contribution in [1.82, 2.24) is 4.90 Å². The molecule has 0 aliphatic carbocycles. The average Bonchev–Trinajstić information content (AvgIpc) is 2.69. The third-order valence-electron chi connectivity index (χ3n) is 4.25. The van der Waals surface area contributed by atoms with Crippen LogP contribution in [0.2, 0.25) is 5.02 Å². The molecule has 0 aromatic heterocycles. The highest BCUT2D eigenvalue weighted by atomic mass is 35.5. The fourth-order valence-electron chi connectivity index (χ4n) is 2.59. The number of halogens is 1. The molecule has 1 heterocycles. The predicted molar refractivity (Wildman–Crippen MR) is 79.4 cm³/mol. The van der Waals surface area contributed by atoms with Crippen molar-refractivity contribution >= 4 is 11.6 Å². The monoisotopic (exact) mass is 282 g/mol. The topological polar surface area (TPSA) is 38.5 Å². The first-order valence-corrected chi connectivity index (χ1v) is 7.09. The Morgan fingerprint density at radius 3 is 2.63 bits per heavy atom. The van der Waals surface area contributed by atoms with Crippen molar-refractivity contribution in [3.63, 3.8) is 0 Å². The highest BCUT2D eigenvalue weighted by molar-refractivity contribution is 6.30. The van der Waals surface area contributed by atoms with E-state index in [0.29, 0.717) is 12.6 Å². The second-order valence-electron chi connectivity index (χ2n) is 5.92. The van der Waals surface area contributed by atoms with Crippen LogP contribution in [-0.2, 0) is 4.74 Å². The largest absolute Gasteiger partial charge is 0.379 e. The molecule has 1 fully saturated rings. The molecule has 1 aromatic carbocycles. The van der Waals surface area contributed by atoms with Crippen LogP contribution in [0.5, 0.6) is 0 Å². The van der Waals surface area contributed by atoms with Gasteiger partial charge in [0.1, 0.15) is 0 Å². The second-order valence-corrected chi connectivity index (χ2v) is 6.35. The maximum absolute atomic E-state index is 6.15. The van der Waals surface area contributed by atoms with Crippen molar-refractivity contribution in [2.75, 3.05) is 26.8 Å². The molecule has 3 atom stereocenters. The second kappa shape index (κ2) is 5.80. The summed E-state index contributed by atoms with van der Waals surface area (Å²) < 4.78 is 5.51. The Balaban J connectivity index is 2.03. The van der Waals surface area contributed by atoms with Gasteiger partial charge in [-0.1, -0.05) is 30.7 Å². The molecule has 4 heteroatoms. The lowest BCUT2D eigenvalue weighted by atomic mass is 9.85. The fraction of sp³-hybridized carbons (Fsp3) is 0.600. The molecule has 1 aromatic rings. The molecule has 1 aliphatic heterocycles. The van der Waals surface area contributed by atoms with Crippen LogP contribution in [0.4, 0.5) is 0 Å². The van der Waals surface area contributed by atoms with E-state index in [4.69, 9.17) is 22.1 Å². The maximum atomic E-state index is 6.15. The molecule has 2 rings (SSSR count). The van der Waals surface area contributed by atoms with Gasteiger partial charge in [0.05, 0.1) is 13.2 Å². The number of rotatable bonds is 4. The SMILES string of the molecule is CC(c1ccc(Cl)cc1)N(C)CC1(C)COCC1N. The Labute approximate surface area is 120 Å². The van der Waals surface area contributed by atoms with Gasteiger partial charge in [0.2, 0.25) is 0 Å². The van der Waals surface area contributed by atoms with E-state index >= 15 is 0 Å². The van der Waals surface area contributed by atoms with Crippen LogP contribution in [0.25, 0.3) is 0 Å². The lowest BCUT2D eigenvalue weighted by Crippen LogP contribution is -2.46. The maximum Gasteiger partial charge on any atom is 0.0624 e. The van der Waals surface area contributed by atoms with Crippen LogP contribution >= 0.6 is 11.6 Å². The first-order valence-electron chi connectivity index (χ1n) is 6.71. The minimum atomic E-state index is 0.0371. The van der Waals surface area contributed by atoms with E-state index in [2.05, 4.69) is 37.9 Å². The molecule has 3 nitrogen and oxygen atoms in total. The highest BCUT2D eigenvalue weighted by Crippen LogP contribution is 2.31. The third kappa shape index (κ3) is 3.29. The van der Waals surface area contributed by atoms with E-state index in [0.717, 1.165) is 18.2 Å². The van der Waals surface area contributed by atoms with Gasteiger partial charge in [0.15, 0.2) is 0 Å². The smallest absolute Gasteiger partial charge is 0.0624 e. The summed E-state index contributed by atoms with van der Waals surface area (Å²) in [4.78, 5) is 2.33. The first kappa shape index (κ1) is 14.8. The summed E-state index contributed by atoms with van der Waals surface area (Å²) in [6, 6.07) is 8.49. The van der Waals surface area contributed by atoms with E-state index < -0.39 is 0 Å². The van der Waals surface area contributed by atoms with Crippen LogP contribution in [0, 0.1) is 5.41 Å². The van der Waals surface area contributed by atoms with Crippen molar-refractivity contribution in [1.29, 1.82) is 0 Å². The molecule has 19 heavy (non-hydrogen) atoms. The lowest BCUT2D eigenvalue weighted by Gasteiger charge is -2.35. The number of nitrogens with two attached hydrogens (primary N) is 1. The Bertz CT molecular complexity index is 423. The van der Waals surface area contributed by atoms with Crippen LogP contribution in [0.3, 0.4) is 0 Å². The van der Waals surface area contributed by atoms with Gasteiger partial charge >= 0.3 is 0 Å². The lowest BCUT2D eigenvalue weighted by molar-refractivity contribution is 0.114. The summed E-state index contributed by atoms with van der Waals surface area (Å²) in [5, 5.41) is 0.775. The fourth-order valence-corrected chi connectivity index (χ4v) is 2.72. The third-order valence-corrected chi connectivity index (χ3v) is 4.50. The van der Waals surface area contributed by atoms with Crippen molar-refractivity contribution in [3.8, 4) is 0 Å². The first-order chi connectivity index (χ1) is 8.92. The number of hydrogen-bond donors (Lipinski definition) is 1. The van der Waals surface area contributed by atoms with Gasteiger partial charge in [-0.3, -0.25) is 4.90 Å². The van der Waals surface area contributed by atoms with Gasteiger partial charge in [0.25, 0.3) is 0 Å². The van der Waals surface area contributed by atoms with Crippen molar-refractivity contribution in [3.05, 3.63) is 34.9 Å². The minimum absolute atomic E-state index is 0.0371. The van der Waals surface area contributed by atoms with Crippen molar-refractivity contribution in [2.45, 2.75) is 25.9 Å². The van der Waals surface area contributed by atoms with Gasteiger partial charge < -0.3 is 10.5 Å². The molecule has 1 saturated heterocycles. The van der Waals surface area contributed by atoms with Gasteiger partial charge in [-0.15, -0.1) is 0 Å². The zero-order valence-corrected chi connectivity index (χ0v) is 12.7. The van der Waals surface area contributed by atoms with Gasteiger partial charge in [-0.25, -0.2) is 0 Å². The predicted octanol–water partition coefficient (Wildman–Crippen LogP) is 2.70. The minimum Gasteiger partial charge on any atom is -0.379 e. The average molecular weight is 283 g/mol. The molecule has 1 aliphatic rings.